The van der Waals surface area contributed by atoms with Crippen LogP contribution in [-0.2, 0) is 11.3 Å². The van der Waals surface area contributed by atoms with Crippen molar-refractivity contribution in [3.63, 3.8) is 0 Å². The topological polar surface area (TPSA) is 43.3 Å². The molecule has 20 heavy (non-hydrogen) atoms. The molecule has 4 nitrogen and oxygen atoms in total. The number of hydrogen-bond donors (Lipinski definition) is 1. The first-order chi connectivity index (χ1) is 9.74. The van der Waals surface area contributed by atoms with Crippen LogP contribution in [-0.4, -0.2) is 23.6 Å². The monoisotopic (exact) mass is 274 g/mol. The highest BCUT2D eigenvalue weighted by Crippen LogP contribution is 2.22. The summed E-state index contributed by atoms with van der Waals surface area (Å²) in [7, 11) is 0. The molecule has 1 N–H and O–H groups in total. The van der Waals surface area contributed by atoms with E-state index >= 15 is 0 Å². The number of rotatable bonds is 7. The lowest BCUT2D eigenvalue weighted by atomic mass is 10.2. The number of fused-ring (bicyclic) bond motifs is 1. The highest BCUT2D eigenvalue weighted by molar-refractivity contribution is 5.84. The van der Waals surface area contributed by atoms with Crippen LogP contribution in [0.3, 0.4) is 0 Å². The number of benzene rings is 1. The van der Waals surface area contributed by atoms with Gasteiger partial charge in [0.05, 0.1) is 6.61 Å². The summed E-state index contributed by atoms with van der Waals surface area (Å²) in [6.07, 6.45) is 3.90. The first kappa shape index (κ1) is 14.4. The van der Waals surface area contributed by atoms with Crippen LogP contribution in [0.15, 0.2) is 30.5 Å². The third-order valence-electron chi connectivity index (χ3n) is 3.10. The third kappa shape index (κ3) is 3.53. The van der Waals surface area contributed by atoms with Crippen molar-refractivity contribution in [3.05, 3.63) is 30.5 Å². The number of hydrogen-bond acceptors (Lipinski definition) is 2. The molecule has 0 spiro atoms. The fourth-order valence-corrected chi connectivity index (χ4v) is 2.10. The minimum absolute atomic E-state index is 0.0515. The molecule has 0 aliphatic rings. The lowest BCUT2D eigenvalue weighted by Crippen LogP contribution is -2.27. The standard InChI is InChI=1S/C16H22N2O2/c1-3-8-17-16(19)12-18-9-7-13-11-14(20-10-4-2)5-6-15(13)18/h5-7,9,11H,3-4,8,10,12H2,1-2H3,(H,17,19). The molecule has 0 saturated heterocycles. The van der Waals surface area contributed by atoms with Gasteiger partial charge in [0.1, 0.15) is 12.3 Å². The summed E-state index contributed by atoms with van der Waals surface area (Å²) in [6.45, 7) is 5.95. The highest BCUT2D eigenvalue weighted by atomic mass is 16.5. The molecular weight excluding hydrogens is 252 g/mol. The van der Waals surface area contributed by atoms with Crippen LogP contribution in [0, 0.1) is 0 Å². The molecule has 0 aliphatic heterocycles. The van der Waals surface area contributed by atoms with Gasteiger partial charge >= 0.3 is 0 Å². The Morgan fingerprint density at radius 1 is 1.25 bits per heavy atom. The van der Waals surface area contributed by atoms with Crippen LogP contribution >= 0.6 is 0 Å². The summed E-state index contributed by atoms with van der Waals surface area (Å²) in [6, 6.07) is 8.00. The highest BCUT2D eigenvalue weighted by Gasteiger charge is 2.06. The van der Waals surface area contributed by atoms with Crippen LogP contribution in [0.2, 0.25) is 0 Å². The van der Waals surface area contributed by atoms with Crippen molar-refractivity contribution in [3.8, 4) is 5.75 Å². The van der Waals surface area contributed by atoms with Gasteiger partial charge in [-0.25, -0.2) is 0 Å². The van der Waals surface area contributed by atoms with Gasteiger partial charge in [-0.1, -0.05) is 13.8 Å². The van der Waals surface area contributed by atoms with Gasteiger partial charge in [0.25, 0.3) is 0 Å². The zero-order chi connectivity index (χ0) is 14.4. The second-order valence-electron chi connectivity index (χ2n) is 4.86. The summed E-state index contributed by atoms with van der Waals surface area (Å²) in [5, 5.41) is 3.99. The third-order valence-corrected chi connectivity index (χ3v) is 3.10. The largest absolute Gasteiger partial charge is 0.494 e. The van der Waals surface area contributed by atoms with Crippen LogP contribution in [0.4, 0.5) is 0 Å². The molecule has 0 aliphatic carbocycles. The van der Waals surface area contributed by atoms with Crippen molar-refractivity contribution in [1.82, 2.24) is 9.88 Å². The Morgan fingerprint density at radius 2 is 2.10 bits per heavy atom. The molecule has 0 bridgehead atoms. The quantitative estimate of drug-likeness (QED) is 0.843. The second-order valence-corrected chi connectivity index (χ2v) is 4.86. The minimum atomic E-state index is 0.0515. The molecule has 0 atom stereocenters. The van der Waals surface area contributed by atoms with E-state index in [-0.39, 0.29) is 5.91 Å². The molecule has 2 aromatic rings. The molecule has 1 heterocycles. The normalized spacial score (nSPS) is 10.7. The first-order valence-electron chi connectivity index (χ1n) is 7.23. The molecule has 4 heteroatoms. The molecule has 1 aromatic carbocycles. The Kier molecular flexibility index (Phi) is 5.04. The van der Waals surface area contributed by atoms with Crippen molar-refractivity contribution in [1.29, 1.82) is 0 Å². The smallest absolute Gasteiger partial charge is 0.239 e. The number of carbonyl (C=O) groups excluding carboxylic acids is 1. The van der Waals surface area contributed by atoms with Gasteiger partial charge in [-0.05, 0) is 37.1 Å². The fraction of sp³-hybridized carbons (Fsp3) is 0.438. The Morgan fingerprint density at radius 3 is 2.85 bits per heavy atom. The Bertz CT molecular complexity index is 575. The predicted molar refractivity (Wildman–Crippen MR) is 81.0 cm³/mol. The van der Waals surface area contributed by atoms with Crippen molar-refractivity contribution in [2.45, 2.75) is 33.2 Å². The molecule has 0 unspecified atom stereocenters. The molecular formula is C16H22N2O2. The van der Waals surface area contributed by atoms with Gasteiger partial charge in [0.2, 0.25) is 5.91 Å². The van der Waals surface area contributed by atoms with E-state index in [0.717, 1.165) is 42.6 Å². The number of ether oxygens (including phenoxy) is 1. The molecule has 1 aromatic heterocycles. The Hall–Kier alpha value is -1.97. The van der Waals surface area contributed by atoms with Gasteiger partial charge in [-0.2, -0.15) is 0 Å². The summed E-state index contributed by atoms with van der Waals surface area (Å²) < 4.78 is 7.58. The maximum absolute atomic E-state index is 11.8. The zero-order valence-corrected chi connectivity index (χ0v) is 12.2. The van der Waals surface area contributed by atoms with Crippen LogP contribution in [0.25, 0.3) is 10.9 Å². The van der Waals surface area contributed by atoms with Crippen LogP contribution in [0.1, 0.15) is 26.7 Å². The fourth-order valence-electron chi connectivity index (χ4n) is 2.10. The van der Waals surface area contributed by atoms with E-state index in [9.17, 15) is 4.79 Å². The van der Waals surface area contributed by atoms with Crippen molar-refractivity contribution < 1.29 is 9.53 Å². The summed E-state index contributed by atoms with van der Waals surface area (Å²) in [5.74, 6) is 0.934. The molecule has 1 amide bonds. The van der Waals surface area contributed by atoms with Crippen molar-refractivity contribution >= 4 is 16.8 Å². The van der Waals surface area contributed by atoms with Crippen LogP contribution < -0.4 is 10.1 Å². The number of aromatic nitrogens is 1. The molecule has 0 saturated carbocycles. The van der Waals surface area contributed by atoms with E-state index in [1.165, 1.54) is 0 Å². The van der Waals surface area contributed by atoms with Gasteiger partial charge in [0.15, 0.2) is 0 Å². The maximum atomic E-state index is 11.8. The average molecular weight is 274 g/mol. The second kappa shape index (κ2) is 6.98. The van der Waals surface area contributed by atoms with E-state index in [1.807, 2.05) is 42.0 Å². The SMILES string of the molecule is CCCNC(=O)Cn1ccc2cc(OCCC)ccc21. The lowest BCUT2D eigenvalue weighted by molar-refractivity contribution is -0.121. The Labute approximate surface area is 119 Å². The maximum Gasteiger partial charge on any atom is 0.239 e. The Balaban J connectivity index is 2.10. The number of carbonyl (C=O) groups is 1. The van der Waals surface area contributed by atoms with Gasteiger partial charge in [-0.3, -0.25) is 4.79 Å². The average Bonchev–Trinajstić information content (AvgIpc) is 2.85. The number of nitrogens with one attached hydrogen (secondary N) is 1. The summed E-state index contributed by atoms with van der Waals surface area (Å²) >= 11 is 0. The predicted octanol–water partition coefficient (Wildman–Crippen LogP) is 2.96. The van der Waals surface area contributed by atoms with E-state index in [2.05, 4.69) is 12.2 Å². The number of amides is 1. The molecule has 0 radical (unpaired) electrons. The van der Waals surface area contributed by atoms with Crippen molar-refractivity contribution in [2.75, 3.05) is 13.2 Å². The lowest BCUT2D eigenvalue weighted by Gasteiger charge is -2.08. The molecule has 108 valence electrons. The van der Waals surface area contributed by atoms with E-state index in [1.54, 1.807) is 0 Å². The number of nitrogens with zero attached hydrogens (tertiary/aromatic N) is 1. The molecule has 2 rings (SSSR count). The van der Waals surface area contributed by atoms with E-state index < -0.39 is 0 Å². The van der Waals surface area contributed by atoms with Gasteiger partial charge in [-0.15, -0.1) is 0 Å². The van der Waals surface area contributed by atoms with Gasteiger partial charge < -0.3 is 14.6 Å². The van der Waals surface area contributed by atoms with Gasteiger partial charge in [0, 0.05) is 23.6 Å². The molecule has 0 fully saturated rings. The summed E-state index contributed by atoms with van der Waals surface area (Å²) in [5.41, 5.74) is 1.06. The zero-order valence-electron chi connectivity index (χ0n) is 12.2. The van der Waals surface area contributed by atoms with Crippen molar-refractivity contribution in [2.24, 2.45) is 0 Å². The summed E-state index contributed by atoms with van der Waals surface area (Å²) in [4.78, 5) is 11.8. The van der Waals surface area contributed by atoms with E-state index in [0.29, 0.717) is 6.54 Å². The first-order valence-corrected chi connectivity index (χ1v) is 7.23. The van der Waals surface area contributed by atoms with Crippen LogP contribution in [0.5, 0.6) is 5.75 Å². The van der Waals surface area contributed by atoms with E-state index in [4.69, 9.17) is 4.74 Å². The minimum Gasteiger partial charge on any atom is -0.494 e.